The fourth-order valence-corrected chi connectivity index (χ4v) is 3.83. The minimum atomic E-state index is -3.44. The Labute approximate surface area is 133 Å². The molecule has 1 atom stereocenters. The molecule has 2 rings (SSSR count). The molecule has 1 heterocycles. The summed E-state index contributed by atoms with van der Waals surface area (Å²) in [6.07, 6.45) is 0.970. The largest absolute Gasteiger partial charge is 0.379 e. The molecule has 1 fully saturated rings. The van der Waals surface area contributed by atoms with Gasteiger partial charge in [-0.15, -0.1) is 0 Å². The van der Waals surface area contributed by atoms with Crippen molar-refractivity contribution in [3.8, 4) is 0 Å². The van der Waals surface area contributed by atoms with E-state index in [0.29, 0.717) is 17.4 Å². The second-order valence-electron chi connectivity index (χ2n) is 6.10. The van der Waals surface area contributed by atoms with Crippen LogP contribution in [0.3, 0.4) is 0 Å². The number of ether oxygens (including phenoxy) is 1. The van der Waals surface area contributed by atoms with E-state index in [9.17, 15) is 8.42 Å². The Balaban J connectivity index is 2.01. The first-order valence-electron chi connectivity index (χ1n) is 7.85. The van der Waals surface area contributed by atoms with E-state index in [0.717, 1.165) is 32.7 Å². The van der Waals surface area contributed by atoms with Gasteiger partial charge in [-0.1, -0.05) is 32.0 Å². The van der Waals surface area contributed by atoms with E-state index in [1.54, 1.807) is 24.3 Å². The van der Waals surface area contributed by atoms with Gasteiger partial charge in [-0.2, -0.15) is 0 Å². The lowest BCUT2D eigenvalue weighted by molar-refractivity contribution is 0.0134. The number of sulfonamides is 1. The van der Waals surface area contributed by atoms with Crippen LogP contribution in [0.15, 0.2) is 35.2 Å². The highest BCUT2D eigenvalue weighted by atomic mass is 32.2. The van der Waals surface area contributed by atoms with Gasteiger partial charge >= 0.3 is 0 Å². The summed E-state index contributed by atoms with van der Waals surface area (Å²) in [5, 5.41) is 0. The molecule has 1 aromatic rings. The highest BCUT2D eigenvalue weighted by Gasteiger charge is 2.24. The van der Waals surface area contributed by atoms with Crippen molar-refractivity contribution in [2.45, 2.75) is 31.2 Å². The molecule has 1 N–H and O–H groups in total. The van der Waals surface area contributed by atoms with Gasteiger partial charge in [0.25, 0.3) is 0 Å². The van der Waals surface area contributed by atoms with Crippen LogP contribution in [0.2, 0.25) is 0 Å². The van der Waals surface area contributed by atoms with Gasteiger partial charge in [-0.3, -0.25) is 4.90 Å². The van der Waals surface area contributed by atoms with Crippen molar-refractivity contribution in [1.82, 2.24) is 9.62 Å². The van der Waals surface area contributed by atoms with Crippen LogP contribution < -0.4 is 4.72 Å². The summed E-state index contributed by atoms with van der Waals surface area (Å²) in [6, 6.07) is 8.74. The number of benzene rings is 1. The summed E-state index contributed by atoms with van der Waals surface area (Å²) in [4.78, 5) is 2.65. The summed E-state index contributed by atoms with van der Waals surface area (Å²) < 4.78 is 32.9. The van der Waals surface area contributed by atoms with Crippen LogP contribution >= 0.6 is 0 Å². The van der Waals surface area contributed by atoms with Crippen LogP contribution in [0.5, 0.6) is 0 Å². The molecule has 1 aliphatic rings. The molecular formula is C16H26N2O3S. The Hall–Kier alpha value is -0.950. The molecule has 0 aromatic heterocycles. The summed E-state index contributed by atoms with van der Waals surface area (Å²) >= 11 is 0. The number of nitrogens with zero attached hydrogens (tertiary/aromatic N) is 1. The summed E-state index contributed by atoms with van der Waals surface area (Å²) in [7, 11) is -3.44. The molecule has 6 heteroatoms. The van der Waals surface area contributed by atoms with E-state index >= 15 is 0 Å². The zero-order valence-corrected chi connectivity index (χ0v) is 14.2. The first-order chi connectivity index (χ1) is 10.5. The van der Waals surface area contributed by atoms with E-state index in [1.807, 2.05) is 6.07 Å². The Morgan fingerprint density at radius 3 is 2.41 bits per heavy atom. The third-order valence-corrected chi connectivity index (χ3v) is 5.31. The normalized spacial score (nSPS) is 18.5. The van der Waals surface area contributed by atoms with Crippen molar-refractivity contribution < 1.29 is 13.2 Å². The Morgan fingerprint density at radius 1 is 1.18 bits per heavy atom. The predicted molar refractivity (Wildman–Crippen MR) is 87.3 cm³/mol. The number of morpholine rings is 1. The van der Waals surface area contributed by atoms with Gasteiger partial charge in [0.2, 0.25) is 10.0 Å². The Morgan fingerprint density at radius 2 is 1.82 bits per heavy atom. The SMILES string of the molecule is CC(C)C[C@@H](CNS(=O)(=O)c1ccccc1)N1CCOCC1. The maximum absolute atomic E-state index is 12.4. The molecule has 1 saturated heterocycles. The van der Waals surface area contributed by atoms with Crippen LogP contribution in [-0.2, 0) is 14.8 Å². The maximum Gasteiger partial charge on any atom is 0.240 e. The molecule has 0 bridgehead atoms. The predicted octanol–water partition coefficient (Wildman–Crippen LogP) is 1.71. The molecule has 124 valence electrons. The summed E-state index contributed by atoms with van der Waals surface area (Å²) in [6.45, 7) is 7.95. The van der Waals surface area contributed by atoms with Gasteiger partial charge in [0, 0.05) is 25.7 Å². The molecule has 0 spiro atoms. The molecular weight excluding hydrogens is 300 g/mol. The van der Waals surface area contributed by atoms with Crippen LogP contribution in [0, 0.1) is 5.92 Å². The molecule has 1 aliphatic heterocycles. The van der Waals surface area contributed by atoms with Crippen molar-refractivity contribution in [3.63, 3.8) is 0 Å². The van der Waals surface area contributed by atoms with Crippen LogP contribution in [0.4, 0.5) is 0 Å². The second kappa shape index (κ2) is 8.06. The van der Waals surface area contributed by atoms with Crippen LogP contribution in [0.25, 0.3) is 0 Å². The fraction of sp³-hybridized carbons (Fsp3) is 0.625. The van der Waals surface area contributed by atoms with Gasteiger partial charge in [-0.05, 0) is 24.5 Å². The van der Waals surface area contributed by atoms with Crippen molar-refractivity contribution in [1.29, 1.82) is 0 Å². The van der Waals surface area contributed by atoms with Gasteiger partial charge in [0.05, 0.1) is 18.1 Å². The molecule has 0 radical (unpaired) electrons. The summed E-state index contributed by atoms with van der Waals surface area (Å²) in [5.74, 6) is 0.522. The molecule has 0 aliphatic carbocycles. The van der Waals surface area contributed by atoms with E-state index in [4.69, 9.17) is 4.74 Å². The number of hydrogen-bond donors (Lipinski definition) is 1. The molecule has 0 unspecified atom stereocenters. The van der Waals surface area contributed by atoms with E-state index in [1.165, 1.54) is 0 Å². The Bertz CT molecular complexity index is 540. The zero-order chi connectivity index (χ0) is 16.0. The quantitative estimate of drug-likeness (QED) is 0.829. The highest BCUT2D eigenvalue weighted by Crippen LogP contribution is 2.14. The minimum absolute atomic E-state index is 0.211. The number of rotatable bonds is 7. The van der Waals surface area contributed by atoms with Crippen molar-refractivity contribution in [2.75, 3.05) is 32.8 Å². The second-order valence-corrected chi connectivity index (χ2v) is 7.86. The van der Waals surface area contributed by atoms with Crippen LogP contribution in [0.1, 0.15) is 20.3 Å². The highest BCUT2D eigenvalue weighted by molar-refractivity contribution is 7.89. The molecule has 1 aromatic carbocycles. The maximum atomic E-state index is 12.4. The lowest BCUT2D eigenvalue weighted by Crippen LogP contribution is -2.49. The molecule has 0 amide bonds. The molecule has 5 nitrogen and oxygen atoms in total. The lowest BCUT2D eigenvalue weighted by Gasteiger charge is -2.35. The van der Waals surface area contributed by atoms with Crippen molar-refractivity contribution >= 4 is 10.0 Å². The minimum Gasteiger partial charge on any atom is -0.379 e. The van der Waals surface area contributed by atoms with E-state index < -0.39 is 10.0 Å². The van der Waals surface area contributed by atoms with Gasteiger partial charge in [0.15, 0.2) is 0 Å². The Kier molecular flexibility index (Phi) is 6.37. The van der Waals surface area contributed by atoms with Gasteiger partial charge < -0.3 is 4.74 Å². The molecule has 22 heavy (non-hydrogen) atoms. The monoisotopic (exact) mass is 326 g/mol. The number of hydrogen-bond acceptors (Lipinski definition) is 4. The van der Waals surface area contributed by atoms with E-state index in [2.05, 4.69) is 23.5 Å². The average Bonchev–Trinajstić information content (AvgIpc) is 2.53. The zero-order valence-electron chi connectivity index (χ0n) is 13.4. The first kappa shape index (κ1) is 17.4. The molecule has 0 saturated carbocycles. The summed E-state index contributed by atoms with van der Waals surface area (Å²) in [5.41, 5.74) is 0. The standard InChI is InChI=1S/C16H26N2O3S/c1-14(2)12-15(18-8-10-21-11-9-18)13-17-22(19,20)16-6-4-3-5-7-16/h3-7,14-15,17H,8-13H2,1-2H3/t15-/m0/s1. The average molecular weight is 326 g/mol. The van der Waals surface area contributed by atoms with Gasteiger partial charge in [-0.25, -0.2) is 13.1 Å². The topological polar surface area (TPSA) is 58.6 Å². The van der Waals surface area contributed by atoms with Crippen LogP contribution in [-0.4, -0.2) is 52.2 Å². The smallest absolute Gasteiger partial charge is 0.240 e. The van der Waals surface area contributed by atoms with Gasteiger partial charge in [0.1, 0.15) is 0 Å². The fourth-order valence-electron chi connectivity index (χ4n) is 2.74. The van der Waals surface area contributed by atoms with Crippen molar-refractivity contribution in [2.24, 2.45) is 5.92 Å². The number of nitrogens with one attached hydrogen (secondary N) is 1. The third kappa shape index (κ3) is 5.05. The first-order valence-corrected chi connectivity index (χ1v) is 9.34. The lowest BCUT2D eigenvalue weighted by atomic mass is 10.0. The third-order valence-electron chi connectivity index (χ3n) is 3.87. The van der Waals surface area contributed by atoms with E-state index in [-0.39, 0.29) is 6.04 Å². The van der Waals surface area contributed by atoms with Crippen molar-refractivity contribution in [3.05, 3.63) is 30.3 Å².